The molecular weight excluding hydrogens is 328 g/mol. The van der Waals surface area contributed by atoms with Gasteiger partial charge in [0.1, 0.15) is 0 Å². The molecule has 0 spiro atoms. The number of para-hydroxylation sites is 1. The molecule has 0 unspecified atom stereocenters. The van der Waals surface area contributed by atoms with Gasteiger partial charge in [0.05, 0.1) is 16.3 Å². The van der Waals surface area contributed by atoms with Crippen LogP contribution in [0.4, 0.5) is 5.69 Å². The Labute approximate surface area is 144 Å². The predicted molar refractivity (Wildman–Crippen MR) is 90.4 cm³/mol. The molecule has 1 saturated heterocycles. The molecule has 3 rings (SSSR count). The van der Waals surface area contributed by atoms with Crippen LogP contribution in [0.1, 0.15) is 29.6 Å². The molecule has 1 aliphatic rings. The largest absolute Gasteiger partial charge is 0.279 e. The van der Waals surface area contributed by atoms with Crippen LogP contribution >= 0.6 is 11.6 Å². The molecule has 2 aromatic rings. The smallest absolute Gasteiger partial charge is 0.273 e. The number of carbonyl (C=O) groups excluding carboxylic acids is 3. The molecule has 2 aromatic carbocycles. The fourth-order valence-corrected chi connectivity index (χ4v) is 2.82. The SMILES string of the molecule is O=C1CCCC(=O)N1N(C(=O)c1ccccc1Cl)c1ccccc1. The Hall–Kier alpha value is -2.66. The number of imide groups is 1. The fraction of sp³-hybridized carbons (Fsp3) is 0.167. The maximum Gasteiger partial charge on any atom is 0.279 e. The monoisotopic (exact) mass is 342 g/mol. The molecule has 6 heteroatoms. The van der Waals surface area contributed by atoms with Crippen molar-refractivity contribution in [3.8, 4) is 0 Å². The van der Waals surface area contributed by atoms with Crippen LogP contribution in [-0.2, 0) is 9.59 Å². The zero-order valence-corrected chi connectivity index (χ0v) is 13.6. The van der Waals surface area contributed by atoms with Crippen molar-refractivity contribution in [2.45, 2.75) is 19.3 Å². The van der Waals surface area contributed by atoms with Crippen LogP contribution in [0.25, 0.3) is 0 Å². The van der Waals surface area contributed by atoms with E-state index >= 15 is 0 Å². The third-order valence-electron chi connectivity index (χ3n) is 3.75. The first-order valence-electron chi connectivity index (χ1n) is 7.59. The molecule has 1 aliphatic heterocycles. The van der Waals surface area contributed by atoms with Crippen LogP contribution in [0.5, 0.6) is 0 Å². The molecule has 24 heavy (non-hydrogen) atoms. The summed E-state index contributed by atoms with van der Waals surface area (Å²) < 4.78 is 0. The van der Waals surface area contributed by atoms with Gasteiger partial charge in [0.15, 0.2) is 0 Å². The Morgan fingerprint density at radius 3 is 2.12 bits per heavy atom. The van der Waals surface area contributed by atoms with Gasteiger partial charge in [-0.2, -0.15) is 5.01 Å². The molecule has 0 bridgehead atoms. The van der Waals surface area contributed by atoms with Gasteiger partial charge < -0.3 is 0 Å². The lowest BCUT2D eigenvalue weighted by atomic mass is 10.1. The summed E-state index contributed by atoms with van der Waals surface area (Å²) in [4.78, 5) is 37.7. The molecular formula is C18H15ClN2O3. The molecule has 3 amide bonds. The van der Waals surface area contributed by atoms with Crippen molar-refractivity contribution in [3.63, 3.8) is 0 Å². The van der Waals surface area contributed by atoms with Gasteiger partial charge >= 0.3 is 0 Å². The average molecular weight is 343 g/mol. The van der Waals surface area contributed by atoms with E-state index in [0.29, 0.717) is 12.1 Å². The van der Waals surface area contributed by atoms with Gasteiger partial charge in [-0.1, -0.05) is 41.9 Å². The molecule has 0 aliphatic carbocycles. The summed E-state index contributed by atoms with van der Waals surface area (Å²) >= 11 is 6.13. The Bertz CT molecular complexity index is 776. The highest BCUT2D eigenvalue weighted by Gasteiger charge is 2.36. The molecule has 0 saturated carbocycles. The summed E-state index contributed by atoms with van der Waals surface area (Å²) in [5.74, 6) is -1.30. The maximum atomic E-state index is 13.1. The second-order valence-corrected chi connectivity index (χ2v) is 5.79. The molecule has 0 N–H and O–H groups in total. The van der Waals surface area contributed by atoms with Crippen molar-refractivity contribution >= 4 is 35.0 Å². The fourth-order valence-electron chi connectivity index (χ4n) is 2.61. The highest BCUT2D eigenvalue weighted by molar-refractivity contribution is 6.34. The van der Waals surface area contributed by atoms with E-state index in [1.54, 1.807) is 54.6 Å². The number of carbonyl (C=O) groups is 3. The van der Waals surface area contributed by atoms with E-state index in [0.717, 1.165) is 10.0 Å². The quantitative estimate of drug-likeness (QED) is 0.803. The Kier molecular flexibility index (Phi) is 4.62. The van der Waals surface area contributed by atoms with Gasteiger partial charge in [0, 0.05) is 12.8 Å². The molecule has 1 fully saturated rings. The number of rotatable bonds is 3. The molecule has 5 nitrogen and oxygen atoms in total. The lowest BCUT2D eigenvalue weighted by Crippen LogP contribution is -2.55. The third-order valence-corrected chi connectivity index (χ3v) is 4.08. The van der Waals surface area contributed by atoms with E-state index in [2.05, 4.69) is 0 Å². The van der Waals surface area contributed by atoms with Crippen molar-refractivity contribution in [3.05, 3.63) is 65.2 Å². The van der Waals surface area contributed by atoms with Gasteiger partial charge in [-0.3, -0.25) is 14.4 Å². The van der Waals surface area contributed by atoms with E-state index in [1.807, 2.05) is 0 Å². The minimum atomic E-state index is -0.518. The van der Waals surface area contributed by atoms with E-state index in [9.17, 15) is 14.4 Å². The predicted octanol–water partition coefficient (Wildman–Crippen LogP) is 3.44. The number of hydrazine groups is 1. The number of hydrogen-bond donors (Lipinski definition) is 0. The highest BCUT2D eigenvalue weighted by atomic mass is 35.5. The van der Waals surface area contributed by atoms with Crippen LogP contribution in [0, 0.1) is 0 Å². The summed E-state index contributed by atoms with van der Waals surface area (Å²) in [6, 6.07) is 15.2. The van der Waals surface area contributed by atoms with Gasteiger partial charge in [-0.15, -0.1) is 0 Å². The normalized spacial score (nSPS) is 14.6. The summed E-state index contributed by atoms with van der Waals surface area (Å²) in [5, 5.41) is 2.32. The van der Waals surface area contributed by atoms with Crippen molar-refractivity contribution < 1.29 is 14.4 Å². The van der Waals surface area contributed by atoms with Crippen LogP contribution in [-0.4, -0.2) is 22.7 Å². The van der Waals surface area contributed by atoms with Gasteiger partial charge in [-0.05, 0) is 30.7 Å². The number of amides is 3. The number of nitrogens with zero attached hydrogens (tertiary/aromatic N) is 2. The minimum absolute atomic E-state index is 0.227. The van der Waals surface area contributed by atoms with Gasteiger partial charge in [0.25, 0.3) is 5.91 Å². The topological polar surface area (TPSA) is 57.7 Å². The van der Waals surface area contributed by atoms with Gasteiger partial charge in [0.2, 0.25) is 11.8 Å². The van der Waals surface area contributed by atoms with Crippen molar-refractivity contribution in [1.82, 2.24) is 5.01 Å². The first-order valence-corrected chi connectivity index (χ1v) is 7.97. The van der Waals surface area contributed by atoms with Crippen molar-refractivity contribution in [1.29, 1.82) is 0 Å². The lowest BCUT2D eigenvalue weighted by Gasteiger charge is -2.35. The summed E-state index contributed by atoms with van der Waals surface area (Å²) in [7, 11) is 0. The third kappa shape index (κ3) is 3.03. The summed E-state index contributed by atoms with van der Waals surface area (Å²) in [6.45, 7) is 0. The van der Waals surface area contributed by atoms with Crippen LogP contribution in [0.15, 0.2) is 54.6 Å². The van der Waals surface area contributed by atoms with Crippen LogP contribution in [0.2, 0.25) is 5.02 Å². The number of halogens is 1. The first kappa shape index (κ1) is 16.2. The second kappa shape index (κ2) is 6.84. The molecule has 0 radical (unpaired) electrons. The second-order valence-electron chi connectivity index (χ2n) is 5.39. The molecule has 0 aromatic heterocycles. The Morgan fingerprint density at radius 1 is 0.917 bits per heavy atom. The number of anilines is 1. The van der Waals surface area contributed by atoms with Crippen LogP contribution in [0.3, 0.4) is 0 Å². The zero-order valence-electron chi connectivity index (χ0n) is 12.8. The van der Waals surface area contributed by atoms with Crippen molar-refractivity contribution in [2.24, 2.45) is 0 Å². The number of benzene rings is 2. The van der Waals surface area contributed by atoms with E-state index in [4.69, 9.17) is 11.6 Å². The standard InChI is InChI=1S/C18H15ClN2O3/c19-15-10-5-4-9-14(15)18(24)20(13-7-2-1-3-8-13)21-16(22)11-6-12-17(21)23/h1-5,7-10H,6,11-12H2. The van der Waals surface area contributed by atoms with E-state index < -0.39 is 17.7 Å². The first-order chi connectivity index (χ1) is 11.6. The lowest BCUT2D eigenvalue weighted by molar-refractivity contribution is -0.148. The van der Waals surface area contributed by atoms with Gasteiger partial charge in [-0.25, -0.2) is 5.01 Å². The number of piperidine rings is 1. The summed E-state index contributed by atoms with van der Waals surface area (Å²) in [6.07, 6.45) is 0.951. The van der Waals surface area contributed by atoms with E-state index in [-0.39, 0.29) is 23.4 Å². The van der Waals surface area contributed by atoms with Crippen molar-refractivity contribution in [2.75, 3.05) is 5.01 Å². The number of hydrogen-bond acceptors (Lipinski definition) is 3. The van der Waals surface area contributed by atoms with Crippen LogP contribution < -0.4 is 5.01 Å². The molecule has 122 valence electrons. The Morgan fingerprint density at radius 2 is 1.50 bits per heavy atom. The summed E-state index contributed by atoms with van der Waals surface area (Å²) in [5.41, 5.74) is 0.667. The molecule has 0 atom stereocenters. The highest BCUT2D eigenvalue weighted by Crippen LogP contribution is 2.26. The van der Waals surface area contributed by atoms with E-state index in [1.165, 1.54) is 0 Å². The maximum absolute atomic E-state index is 13.1. The Balaban J connectivity index is 2.09. The minimum Gasteiger partial charge on any atom is -0.273 e. The zero-order chi connectivity index (χ0) is 17.1. The molecule has 1 heterocycles. The average Bonchev–Trinajstić information content (AvgIpc) is 2.59.